The second kappa shape index (κ2) is 12.4. The highest BCUT2D eigenvalue weighted by atomic mass is 16.8. The van der Waals surface area contributed by atoms with Crippen molar-refractivity contribution in [3.63, 3.8) is 0 Å². The monoisotopic (exact) mass is 532 g/mol. The molecule has 39 heavy (non-hydrogen) atoms. The lowest BCUT2D eigenvalue weighted by Gasteiger charge is -2.32. The van der Waals surface area contributed by atoms with E-state index in [1.807, 2.05) is 0 Å². The van der Waals surface area contributed by atoms with Gasteiger partial charge in [0.1, 0.15) is 12.2 Å². The lowest BCUT2D eigenvalue weighted by Crippen LogP contribution is -2.50. The predicted octanol–water partition coefficient (Wildman–Crippen LogP) is 4.36. The average Bonchev–Trinajstić information content (AvgIpc) is 3.24. The maximum absolute atomic E-state index is 13.2. The molecule has 9 nitrogen and oxygen atoms in total. The number of rotatable bonds is 9. The van der Waals surface area contributed by atoms with E-state index in [-0.39, 0.29) is 24.2 Å². The van der Waals surface area contributed by atoms with E-state index < -0.39 is 48.0 Å². The lowest BCUT2D eigenvalue weighted by molar-refractivity contribution is -0.205. The number of benzene rings is 3. The molecule has 0 bridgehead atoms. The van der Waals surface area contributed by atoms with E-state index in [1.165, 1.54) is 6.92 Å². The Morgan fingerprint density at radius 1 is 0.692 bits per heavy atom. The molecular weight excluding hydrogens is 504 g/mol. The van der Waals surface area contributed by atoms with E-state index in [1.54, 1.807) is 97.9 Å². The normalized spacial score (nSPS) is 21.9. The summed E-state index contributed by atoms with van der Waals surface area (Å²) in [5.41, 5.74) is -0.718. The van der Waals surface area contributed by atoms with Crippen LogP contribution < -0.4 is 0 Å². The summed E-state index contributed by atoms with van der Waals surface area (Å²) in [5, 5.41) is 0. The van der Waals surface area contributed by atoms with Gasteiger partial charge in [-0.15, -0.1) is 0 Å². The van der Waals surface area contributed by atoms with Crippen LogP contribution in [0.2, 0.25) is 0 Å². The summed E-state index contributed by atoms with van der Waals surface area (Å²) < 4.78 is 28.7. The van der Waals surface area contributed by atoms with E-state index in [4.69, 9.17) is 23.7 Å². The maximum Gasteiger partial charge on any atom is 0.338 e. The number of ether oxygens (including phenoxy) is 5. The van der Waals surface area contributed by atoms with Crippen molar-refractivity contribution in [2.24, 2.45) is 0 Å². The molecule has 0 N–H and O–H groups in total. The van der Waals surface area contributed by atoms with E-state index in [0.29, 0.717) is 5.56 Å². The van der Waals surface area contributed by atoms with Crippen molar-refractivity contribution in [1.29, 1.82) is 0 Å². The Balaban J connectivity index is 1.68. The van der Waals surface area contributed by atoms with Crippen LogP contribution >= 0.6 is 0 Å². The largest absolute Gasteiger partial charge is 0.459 e. The van der Waals surface area contributed by atoms with Crippen LogP contribution in [-0.2, 0) is 28.5 Å². The summed E-state index contributed by atoms with van der Waals surface area (Å²) in [5.74, 6) is -2.80. The van der Waals surface area contributed by atoms with Gasteiger partial charge in [0, 0.05) is 6.92 Å². The third-order valence-corrected chi connectivity index (χ3v) is 6.27. The molecule has 1 aliphatic rings. The Hall–Kier alpha value is -4.50. The molecule has 1 fully saturated rings. The zero-order valence-electron chi connectivity index (χ0n) is 21.5. The van der Waals surface area contributed by atoms with Crippen LogP contribution in [-0.4, -0.2) is 54.6 Å². The van der Waals surface area contributed by atoms with Gasteiger partial charge in [0.25, 0.3) is 0 Å². The molecule has 0 saturated carbocycles. The molecule has 202 valence electrons. The second-order valence-electron chi connectivity index (χ2n) is 8.88. The smallest absolute Gasteiger partial charge is 0.338 e. The van der Waals surface area contributed by atoms with Crippen molar-refractivity contribution in [3.8, 4) is 0 Å². The Kier molecular flexibility index (Phi) is 8.73. The van der Waals surface area contributed by atoms with Crippen molar-refractivity contribution in [2.75, 3.05) is 6.61 Å². The molecule has 0 amide bonds. The highest BCUT2D eigenvalue weighted by Gasteiger charge is 2.61. The SMILES string of the molecule is CC[C@]1(COC(=O)c2ccccc2)OC(OC(C)=O)[C@H](OC(=O)c2ccccc2)[C@@H]1OC(=O)c1ccccc1. The van der Waals surface area contributed by atoms with E-state index in [0.717, 1.165) is 0 Å². The van der Waals surface area contributed by atoms with Gasteiger partial charge in [-0.2, -0.15) is 0 Å². The molecule has 1 aliphatic heterocycles. The fourth-order valence-corrected chi connectivity index (χ4v) is 4.23. The molecule has 0 radical (unpaired) electrons. The van der Waals surface area contributed by atoms with Crippen molar-refractivity contribution < 1.29 is 42.9 Å². The molecule has 1 heterocycles. The van der Waals surface area contributed by atoms with E-state index >= 15 is 0 Å². The summed E-state index contributed by atoms with van der Waals surface area (Å²) in [6, 6.07) is 24.7. The Labute approximate surface area is 225 Å². The first-order chi connectivity index (χ1) is 18.8. The summed E-state index contributed by atoms with van der Waals surface area (Å²) in [6.07, 6.45) is -3.93. The molecule has 1 unspecified atom stereocenters. The van der Waals surface area contributed by atoms with Crippen molar-refractivity contribution in [1.82, 2.24) is 0 Å². The van der Waals surface area contributed by atoms with Crippen LogP contribution in [0, 0.1) is 0 Å². The van der Waals surface area contributed by atoms with Gasteiger partial charge in [-0.05, 0) is 42.8 Å². The van der Waals surface area contributed by atoms with Gasteiger partial charge in [0.15, 0.2) is 6.10 Å². The number of carbonyl (C=O) groups is 4. The number of esters is 4. The number of hydrogen-bond donors (Lipinski definition) is 0. The minimum absolute atomic E-state index is 0.152. The first-order valence-electron chi connectivity index (χ1n) is 12.4. The Bertz CT molecular complexity index is 1290. The van der Waals surface area contributed by atoms with Crippen LogP contribution in [0.5, 0.6) is 0 Å². The molecule has 4 rings (SSSR count). The Morgan fingerprint density at radius 3 is 1.62 bits per heavy atom. The van der Waals surface area contributed by atoms with Crippen molar-refractivity contribution in [3.05, 3.63) is 108 Å². The van der Waals surface area contributed by atoms with Gasteiger partial charge in [-0.25, -0.2) is 14.4 Å². The van der Waals surface area contributed by atoms with Crippen LogP contribution in [0.15, 0.2) is 91.0 Å². The van der Waals surface area contributed by atoms with Gasteiger partial charge in [0.05, 0.1) is 16.7 Å². The van der Waals surface area contributed by atoms with Gasteiger partial charge < -0.3 is 23.7 Å². The molecule has 0 aromatic heterocycles. The topological polar surface area (TPSA) is 114 Å². The zero-order chi connectivity index (χ0) is 27.8. The van der Waals surface area contributed by atoms with E-state index in [2.05, 4.69) is 0 Å². The molecule has 0 spiro atoms. The first-order valence-corrected chi connectivity index (χ1v) is 12.4. The quantitative estimate of drug-likeness (QED) is 0.293. The summed E-state index contributed by atoms with van der Waals surface area (Å²) >= 11 is 0. The molecule has 9 heteroatoms. The Morgan fingerprint density at radius 2 is 1.15 bits per heavy atom. The van der Waals surface area contributed by atoms with Crippen LogP contribution in [0.1, 0.15) is 51.3 Å². The van der Waals surface area contributed by atoms with Crippen molar-refractivity contribution in [2.45, 2.75) is 44.4 Å². The third-order valence-electron chi connectivity index (χ3n) is 6.27. The maximum atomic E-state index is 13.2. The second-order valence-corrected chi connectivity index (χ2v) is 8.88. The molecule has 1 saturated heterocycles. The molecule has 4 atom stereocenters. The minimum Gasteiger partial charge on any atom is -0.459 e. The molecule has 3 aromatic rings. The number of carbonyl (C=O) groups excluding carboxylic acids is 4. The van der Waals surface area contributed by atoms with Crippen LogP contribution in [0.3, 0.4) is 0 Å². The minimum atomic E-state index is -1.50. The summed E-state index contributed by atoms with van der Waals surface area (Å²) in [4.78, 5) is 50.9. The van der Waals surface area contributed by atoms with Crippen molar-refractivity contribution >= 4 is 23.9 Å². The fraction of sp³-hybridized carbons (Fsp3) is 0.267. The number of hydrogen-bond acceptors (Lipinski definition) is 9. The van der Waals surface area contributed by atoms with E-state index in [9.17, 15) is 19.2 Å². The molecule has 0 aliphatic carbocycles. The summed E-state index contributed by atoms with van der Waals surface area (Å²) in [7, 11) is 0. The fourth-order valence-electron chi connectivity index (χ4n) is 4.23. The molecular formula is C30H28O9. The van der Waals surface area contributed by atoms with Crippen LogP contribution in [0.4, 0.5) is 0 Å². The average molecular weight is 533 g/mol. The third kappa shape index (κ3) is 6.50. The first kappa shape index (κ1) is 27.5. The van der Waals surface area contributed by atoms with Gasteiger partial charge in [0.2, 0.25) is 12.4 Å². The highest BCUT2D eigenvalue weighted by molar-refractivity contribution is 5.91. The highest BCUT2D eigenvalue weighted by Crippen LogP contribution is 2.40. The lowest BCUT2D eigenvalue weighted by atomic mass is 9.92. The summed E-state index contributed by atoms with van der Waals surface area (Å²) in [6.45, 7) is 2.53. The van der Waals surface area contributed by atoms with Gasteiger partial charge >= 0.3 is 23.9 Å². The van der Waals surface area contributed by atoms with Gasteiger partial charge in [-0.1, -0.05) is 61.5 Å². The van der Waals surface area contributed by atoms with Crippen LogP contribution in [0.25, 0.3) is 0 Å². The standard InChI is InChI=1S/C30H28O9/c1-3-30(19-35-26(32)21-13-7-4-8-14-21)25(38-28(34)23-17-11-6-12-18-23)24(29(39-30)36-20(2)31)37-27(33)22-15-9-5-10-16-22/h4-18,24-25,29H,3,19H2,1-2H3/t24-,25+,29?,30-/m1/s1. The van der Waals surface area contributed by atoms with Gasteiger partial charge in [-0.3, -0.25) is 4.79 Å². The predicted molar refractivity (Wildman–Crippen MR) is 138 cm³/mol. The molecule has 3 aromatic carbocycles. The zero-order valence-corrected chi connectivity index (χ0v) is 21.5.